The molecule has 0 fully saturated rings. The van der Waals surface area contributed by atoms with Crippen molar-refractivity contribution in [3.05, 3.63) is 54.2 Å². The Morgan fingerprint density at radius 3 is 2.77 bits per heavy atom. The minimum atomic E-state index is -3.47. The van der Waals surface area contributed by atoms with Crippen molar-refractivity contribution in [3.63, 3.8) is 0 Å². The van der Waals surface area contributed by atoms with Gasteiger partial charge in [0.25, 0.3) is 0 Å². The van der Waals surface area contributed by atoms with Gasteiger partial charge < -0.3 is 14.8 Å². The minimum Gasteiger partial charge on any atom is -0.506 e. The van der Waals surface area contributed by atoms with Crippen LogP contribution in [-0.2, 0) is 21.1 Å². The Balaban J connectivity index is 1.80. The highest BCUT2D eigenvalue weighted by Crippen LogP contribution is 2.27. The van der Waals surface area contributed by atoms with E-state index in [-0.39, 0.29) is 28.5 Å². The molecule has 1 aromatic carbocycles. The second-order valence-electron chi connectivity index (χ2n) is 5.65. The molecule has 0 radical (unpaired) electrons. The van der Waals surface area contributed by atoms with E-state index in [9.17, 15) is 22.7 Å². The van der Waals surface area contributed by atoms with Gasteiger partial charge in [0, 0.05) is 12.4 Å². The Bertz CT molecular complexity index is 1090. The summed E-state index contributed by atoms with van der Waals surface area (Å²) in [6, 6.07) is 6.46. The van der Waals surface area contributed by atoms with Crippen LogP contribution < -0.4 is 5.32 Å². The standard InChI is InChI=1S/C17H16FN3O4S/c1-2-26(24,25)13-4-5-15(22)14(8-13)20-17(23)7-12-10-21-9-11(18)3-6-16(21)19-12/h3-6,8-10,22H,2,7H2,1H3,(H,20,23). The van der Waals surface area contributed by atoms with Crippen LogP contribution in [0.15, 0.2) is 47.6 Å². The number of imidazole rings is 1. The summed E-state index contributed by atoms with van der Waals surface area (Å²) in [5, 5.41) is 12.3. The lowest BCUT2D eigenvalue weighted by Gasteiger charge is -2.09. The number of fused-ring (bicyclic) bond motifs is 1. The number of carbonyl (C=O) groups is 1. The number of phenols is 1. The molecule has 0 aliphatic rings. The Labute approximate surface area is 149 Å². The SMILES string of the molecule is CCS(=O)(=O)c1ccc(O)c(NC(=O)Cc2cn3cc(F)ccc3n2)c1. The molecule has 3 aromatic rings. The first-order valence-electron chi connectivity index (χ1n) is 7.77. The van der Waals surface area contributed by atoms with E-state index in [2.05, 4.69) is 10.3 Å². The predicted molar refractivity (Wildman–Crippen MR) is 93.3 cm³/mol. The fraction of sp³-hybridized carbons (Fsp3) is 0.176. The number of sulfone groups is 1. The summed E-state index contributed by atoms with van der Waals surface area (Å²) >= 11 is 0. The zero-order valence-corrected chi connectivity index (χ0v) is 14.6. The molecule has 0 unspecified atom stereocenters. The molecule has 0 spiro atoms. The highest BCUT2D eigenvalue weighted by Gasteiger charge is 2.16. The summed E-state index contributed by atoms with van der Waals surface area (Å²) in [7, 11) is -3.47. The molecule has 0 atom stereocenters. The van der Waals surface area contributed by atoms with Crippen LogP contribution in [0, 0.1) is 5.82 Å². The number of amides is 1. The molecule has 2 N–H and O–H groups in total. The molecule has 2 aromatic heterocycles. The number of phenolic OH excluding ortho intramolecular Hbond substituents is 1. The molecule has 0 bridgehead atoms. The lowest BCUT2D eigenvalue weighted by molar-refractivity contribution is -0.115. The first-order valence-corrected chi connectivity index (χ1v) is 9.42. The van der Waals surface area contributed by atoms with Crippen LogP contribution in [0.5, 0.6) is 5.75 Å². The molecule has 2 heterocycles. The monoisotopic (exact) mass is 377 g/mol. The molecule has 0 saturated heterocycles. The van der Waals surface area contributed by atoms with Crippen LogP contribution in [0.25, 0.3) is 5.65 Å². The third kappa shape index (κ3) is 3.67. The van der Waals surface area contributed by atoms with Gasteiger partial charge in [0.15, 0.2) is 9.84 Å². The van der Waals surface area contributed by atoms with Crippen LogP contribution in [0.2, 0.25) is 0 Å². The van der Waals surface area contributed by atoms with E-state index in [0.717, 1.165) is 0 Å². The van der Waals surface area contributed by atoms with Crippen molar-refractivity contribution in [1.29, 1.82) is 0 Å². The van der Waals surface area contributed by atoms with E-state index in [1.165, 1.54) is 54.0 Å². The van der Waals surface area contributed by atoms with Gasteiger partial charge in [0.1, 0.15) is 17.2 Å². The Morgan fingerprint density at radius 2 is 2.04 bits per heavy atom. The smallest absolute Gasteiger partial charge is 0.230 e. The van der Waals surface area contributed by atoms with Gasteiger partial charge in [-0.05, 0) is 30.3 Å². The summed E-state index contributed by atoms with van der Waals surface area (Å²) in [5.41, 5.74) is 0.900. The number of carbonyl (C=O) groups excluding carboxylic acids is 1. The lowest BCUT2D eigenvalue weighted by Crippen LogP contribution is -2.15. The van der Waals surface area contributed by atoms with Gasteiger partial charge in [-0.3, -0.25) is 4.79 Å². The zero-order chi connectivity index (χ0) is 18.9. The number of hydrogen-bond donors (Lipinski definition) is 2. The van der Waals surface area contributed by atoms with Gasteiger partial charge in [-0.1, -0.05) is 6.92 Å². The molecule has 0 aliphatic heterocycles. The summed E-state index contributed by atoms with van der Waals surface area (Å²) in [5.74, 6) is -1.26. The molecule has 9 heteroatoms. The Morgan fingerprint density at radius 1 is 1.27 bits per heavy atom. The second kappa shape index (κ2) is 6.75. The fourth-order valence-electron chi connectivity index (χ4n) is 2.44. The van der Waals surface area contributed by atoms with Gasteiger partial charge in [-0.15, -0.1) is 0 Å². The van der Waals surface area contributed by atoms with Gasteiger partial charge >= 0.3 is 0 Å². The summed E-state index contributed by atoms with van der Waals surface area (Å²) in [6.07, 6.45) is 2.65. The molecule has 0 aliphatic carbocycles. The quantitative estimate of drug-likeness (QED) is 0.664. The number of nitrogens with one attached hydrogen (secondary N) is 1. The van der Waals surface area contributed by atoms with E-state index < -0.39 is 21.6 Å². The molecule has 1 amide bonds. The van der Waals surface area contributed by atoms with Crippen molar-refractivity contribution < 1.29 is 22.7 Å². The van der Waals surface area contributed by atoms with Crippen LogP contribution in [0.3, 0.4) is 0 Å². The van der Waals surface area contributed by atoms with Crippen molar-refractivity contribution in [3.8, 4) is 5.75 Å². The number of hydrogen-bond acceptors (Lipinski definition) is 5. The molecule has 0 saturated carbocycles. The van der Waals surface area contributed by atoms with Crippen molar-refractivity contribution in [1.82, 2.24) is 9.38 Å². The average molecular weight is 377 g/mol. The molecule has 7 nitrogen and oxygen atoms in total. The normalized spacial score (nSPS) is 11.6. The summed E-state index contributed by atoms with van der Waals surface area (Å²) in [4.78, 5) is 16.4. The number of nitrogens with zero attached hydrogens (tertiary/aromatic N) is 2. The number of halogens is 1. The highest BCUT2D eigenvalue weighted by atomic mass is 32.2. The van der Waals surface area contributed by atoms with Gasteiger partial charge in [0.05, 0.1) is 28.5 Å². The van der Waals surface area contributed by atoms with E-state index in [1.54, 1.807) is 0 Å². The third-order valence-electron chi connectivity index (χ3n) is 3.79. The molecule has 136 valence electrons. The largest absolute Gasteiger partial charge is 0.506 e. The summed E-state index contributed by atoms with van der Waals surface area (Å²) < 4.78 is 38.5. The van der Waals surface area contributed by atoms with Crippen LogP contribution in [0.4, 0.5) is 10.1 Å². The van der Waals surface area contributed by atoms with Crippen LogP contribution >= 0.6 is 0 Å². The average Bonchev–Trinajstić information content (AvgIpc) is 2.97. The maximum Gasteiger partial charge on any atom is 0.230 e. The van der Waals surface area contributed by atoms with Crippen molar-refractivity contribution in [2.75, 3.05) is 11.1 Å². The zero-order valence-electron chi connectivity index (χ0n) is 13.8. The Kier molecular flexibility index (Phi) is 4.64. The molecule has 26 heavy (non-hydrogen) atoms. The molecular formula is C17H16FN3O4S. The maximum atomic E-state index is 13.2. The van der Waals surface area contributed by atoms with E-state index in [4.69, 9.17) is 0 Å². The van der Waals surface area contributed by atoms with Crippen molar-refractivity contribution in [2.24, 2.45) is 0 Å². The number of aromatic nitrogens is 2. The van der Waals surface area contributed by atoms with E-state index >= 15 is 0 Å². The maximum absolute atomic E-state index is 13.2. The number of anilines is 1. The van der Waals surface area contributed by atoms with Crippen LogP contribution in [0.1, 0.15) is 12.6 Å². The fourth-order valence-corrected chi connectivity index (χ4v) is 3.34. The first-order chi connectivity index (χ1) is 12.3. The number of pyridine rings is 1. The number of rotatable bonds is 5. The minimum absolute atomic E-state index is 0.000617. The van der Waals surface area contributed by atoms with Crippen LogP contribution in [-0.4, -0.2) is 34.6 Å². The second-order valence-corrected chi connectivity index (χ2v) is 7.93. The topological polar surface area (TPSA) is 101 Å². The van der Waals surface area contributed by atoms with Crippen molar-refractivity contribution >= 4 is 27.1 Å². The van der Waals surface area contributed by atoms with Gasteiger partial charge in [0.2, 0.25) is 5.91 Å². The predicted octanol–water partition coefficient (Wildman–Crippen LogP) is 2.15. The molecule has 3 rings (SSSR count). The molecular weight excluding hydrogens is 361 g/mol. The third-order valence-corrected chi connectivity index (χ3v) is 5.52. The number of benzene rings is 1. The van der Waals surface area contributed by atoms with E-state index in [0.29, 0.717) is 11.3 Å². The lowest BCUT2D eigenvalue weighted by atomic mass is 10.2. The Hall–Kier alpha value is -2.94. The van der Waals surface area contributed by atoms with Gasteiger partial charge in [-0.25, -0.2) is 17.8 Å². The van der Waals surface area contributed by atoms with E-state index in [1.807, 2.05) is 0 Å². The first kappa shape index (κ1) is 17.9. The highest BCUT2D eigenvalue weighted by molar-refractivity contribution is 7.91. The summed E-state index contributed by atoms with van der Waals surface area (Å²) in [6.45, 7) is 1.51. The van der Waals surface area contributed by atoms with Gasteiger partial charge in [-0.2, -0.15) is 0 Å². The number of aromatic hydroxyl groups is 1. The van der Waals surface area contributed by atoms with Crippen molar-refractivity contribution in [2.45, 2.75) is 18.2 Å².